The van der Waals surface area contributed by atoms with Gasteiger partial charge in [-0.3, -0.25) is 0 Å². The molecule has 1 aliphatic rings. The summed E-state index contributed by atoms with van der Waals surface area (Å²) in [7, 11) is 2.04. The Labute approximate surface area is 120 Å². The number of hydrogen-bond acceptors (Lipinski definition) is 3. The third kappa shape index (κ3) is 4.32. The molecular formula is C16H23NO3. The highest BCUT2D eigenvalue weighted by atomic mass is 16.5. The number of carboxylic acids is 1. The van der Waals surface area contributed by atoms with Crippen LogP contribution in [0.5, 0.6) is 0 Å². The van der Waals surface area contributed by atoms with Crippen LogP contribution in [-0.4, -0.2) is 42.3 Å². The van der Waals surface area contributed by atoms with Gasteiger partial charge < -0.3 is 14.7 Å². The summed E-state index contributed by atoms with van der Waals surface area (Å²) in [6.07, 6.45) is 5.01. The maximum atomic E-state index is 11.2. The molecule has 0 bridgehead atoms. The molecule has 2 rings (SSSR count). The third-order valence-corrected chi connectivity index (χ3v) is 3.78. The highest BCUT2D eigenvalue weighted by Crippen LogP contribution is 2.17. The number of rotatable bonds is 7. The summed E-state index contributed by atoms with van der Waals surface area (Å²) in [4.78, 5) is 13.3. The Hall–Kier alpha value is -1.39. The minimum absolute atomic E-state index is 0.401. The molecule has 110 valence electrons. The van der Waals surface area contributed by atoms with Crippen LogP contribution in [0, 0.1) is 0 Å². The molecule has 1 fully saturated rings. The van der Waals surface area contributed by atoms with Gasteiger partial charge >= 0.3 is 5.97 Å². The molecule has 1 heterocycles. The van der Waals surface area contributed by atoms with Crippen molar-refractivity contribution in [3.05, 3.63) is 35.4 Å². The van der Waals surface area contributed by atoms with Crippen molar-refractivity contribution in [2.45, 2.75) is 38.3 Å². The van der Waals surface area contributed by atoms with E-state index in [-0.39, 0.29) is 0 Å². The molecule has 4 heteroatoms. The van der Waals surface area contributed by atoms with Gasteiger partial charge in [0.25, 0.3) is 0 Å². The van der Waals surface area contributed by atoms with Crippen LogP contribution in [0.4, 0.5) is 0 Å². The quantitative estimate of drug-likeness (QED) is 0.832. The summed E-state index contributed by atoms with van der Waals surface area (Å²) in [5.41, 5.74) is 1.28. The second-order valence-electron chi connectivity index (χ2n) is 5.48. The number of carbonyl (C=O) groups is 1. The zero-order chi connectivity index (χ0) is 14.4. The molecule has 0 aliphatic carbocycles. The molecule has 0 unspecified atom stereocenters. The van der Waals surface area contributed by atoms with Crippen LogP contribution in [0.15, 0.2) is 24.3 Å². The average molecular weight is 277 g/mol. The Bertz CT molecular complexity index is 441. The molecule has 1 aliphatic heterocycles. The molecule has 1 atom stereocenters. The van der Waals surface area contributed by atoms with Gasteiger partial charge in [0, 0.05) is 13.2 Å². The molecule has 0 aromatic heterocycles. The van der Waals surface area contributed by atoms with Crippen LogP contribution in [0.25, 0.3) is 0 Å². The van der Waals surface area contributed by atoms with E-state index in [9.17, 15) is 4.79 Å². The number of benzene rings is 1. The Morgan fingerprint density at radius 1 is 1.45 bits per heavy atom. The molecular weight excluding hydrogens is 254 g/mol. The van der Waals surface area contributed by atoms with Gasteiger partial charge in [-0.15, -0.1) is 0 Å². The van der Waals surface area contributed by atoms with Crippen molar-refractivity contribution in [1.82, 2.24) is 4.90 Å². The van der Waals surface area contributed by atoms with Crippen molar-refractivity contribution < 1.29 is 14.6 Å². The van der Waals surface area contributed by atoms with Crippen molar-refractivity contribution in [3.8, 4) is 0 Å². The van der Waals surface area contributed by atoms with E-state index in [0.29, 0.717) is 18.2 Å². The van der Waals surface area contributed by atoms with Crippen LogP contribution in [0.3, 0.4) is 0 Å². The summed E-state index contributed by atoms with van der Waals surface area (Å²) < 4.78 is 5.61. The van der Waals surface area contributed by atoms with Crippen LogP contribution in [0.2, 0.25) is 0 Å². The second-order valence-corrected chi connectivity index (χ2v) is 5.48. The van der Waals surface area contributed by atoms with E-state index in [1.165, 1.54) is 12.8 Å². The molecule has 1 saturated heterocycles. The standard InChI is InChI=1S/C16H23NO3/c1-17(10-4-7-14-8-5-11-20-14)12-13-6-2-3-9-15(13)16(18)19/h2-3,6,9,14H,4-5,7-8,10-12H2,1H3,(H,18,19)/t14-/m1/s1. The number of nitrogens with zero attached hydrogens (tertiary/aromatic N) is 1. The fourth-order valence-corrected chi connectivity index (χ4v) is 2.70. The smallest absolute Gasteiger partial charge is 0.336 e. The van der Waals surface area contributed by atoms with E-state index in [1.54, 1.807) is 12.1 Å². The predicted octanol–water partition coefficient (Wildman–Crippen LogP) is 2.78. The lowest BCUT2D eigenvalue weighted by Crippen LogP contribution is -2.21. The summed E-state index contributed by atoms with van der Waals surface area (Å²) in [5, 5.41) is 9.16. The normalized spacial score (nSPS) is 18.6. The molecule has 1 aromatic rings. The van der Waals surface area contributed by atoms with Gasteiger partial charge in [0.05, 0.1) is 11.7 Å². The first-order valence-corrected chi connectivity index (χ1v) is 7.28. The maximum Gasteiger partial charge on any atom is 0.336 e. The molecule has 0 spiro atoms. The van der Waals surface area contributed by atoms with E-state index in [0.717, 1.165) is 31.6 Å². The third-order valence-electron chi connectivity index (χ3n) is 3.78. The van der Waals surface area contributed by atoms with Crippen LogP contribution >= 0.6 is 0 Å². The first kappa shape index (κ1) is 15.0. The van der Waals surface area contributed by atoms with Gasteiger partial charge in [-0.2, -0.15) is 0 Å². The first-order valence-electron chi connectivity index (χ1n) is 7.28. The van der Waals surface area contributed by atoms with E-state index < -0.39 is 5.97 Å². The second kappa shape index (κ2) is 7.41. The van der Waals surface area contributed by atoms with Crippen molar-refractivity contribution in [1.29, 1.82) is 0 Å². The van der Waals surface area contributed by atoms with Crippen molar-refractivity contribution in [2.75, 3.05) is 20.2 Å². The highest BCUT2D eigenvalue weighted by Gasteiger charge is 2.15. The Kier molecular flexibility index (Phi) is 5.56. The number of ether oxygens (including phenoxy) is 1. The van der Waals surface area contributed by atoms with Crippen LogP contribution < -0.4 is 0 Å². The fourth-order valence-electron chi connectivity index (χ4n) is 2.70. The van der Waals surface area contributed by atoms with E-state index in [4.69, 9.17) is 9.84 Å². The Morgan fingerprint density at radius 3 is 2.95 bits per heavy atom. The molecule has 0 radical (unpaired) electrons. The molecule has 0 saturated carbocycles. The van der Waals surface area contributed by atoms with E-state index in [1.807, 2.05) is 19.2 Å². The highest BCUT2D eigenvalue weighted by molar-refractivity contribution is 5.89. The van der Waals surface area contributed by atoms with Crippen molar-refractivity contribution in [3.63, 3.8) is 0 Å². The van der Waals surface area contributed by atoms with Gasteiger partial charge in [0.1, 0.15) is 0 Å². The lowest BCUT2D eigenvalue weighted by molar-refractivity contribution is 0.0694. The zero-order valence-electron chi connectivity index (χ0n) is 12.0. The van der Waals surface area contributed by atoms with Crippen LogP contribution in [0.1, 0.15) is 41.6 Å². The SMILES string of the molecule is CN(CCC[C@@H]1CCCO1)Cc1ccccc1C(=O)O. The minimum Gasteiger partial charge on any atom is -0.478 e. The minimum atomic E-state index is -0.853. The van der Waals surface area contributed by atoms with Crippen molar-refractivity contribution in [2.24, 2.45) is 0 Å². The van der Waals surface area contributed by atoms with Gasteiger partial charge in [-0.1, -0.05) is 18.2 Å². The van der Waals surface area contributed by atoms with Gasteiger partial charge in [0.15, 0.2) is 0 Å². The molecule has 0 amide bonds. The lowest BCUT2D eigenvalue weighted by atomic mass is 10.1. The summed E-state index contributed by atoms with van der Waals surface area (Å²) in [6, 6.07) is 7.21. The number of aromatic carboxylic acids is 1. The van der Waals surface area contributed by atoms with Crippen LogP contribution in [-0.2, 0) is 11.3 Å². The van der Waals surface area contributed by atoms with Crippen molar-refractivity contribution >= 4 is 5.97 Å². The molecule has 1 aromatic carbocycles. The van der Waals surface area contributed by atoms with E-state index >= 15 is 0 Å². The summed E-state index contributed by atoms with van der Waals surface area (Å²) >= 11 is 0. The largest absolute Gasteiger partial charge is 0.478 e. The topological polar surface area (TPSA) is 49.8 Å². The molecule has 1 N–H and O–H groups in total. The van der Waals surface area contributed by atoms with Gasteiger partial charge in [-0.25, -0.2) is 4.79 Å². The number of hydrogen-bond donors (Lipinski definition) is 1. The summed E-state index contributed by atoms with van der Waals surface area (Å²) in [6.45, 7) is 2.55. The molecule has 20 heavy (non-hydrogen) atoms. The molecule has 4 nitrogen and oxygen atoms in total. The Morgan fingerprint density at radius 2 is 2.25 bits per heavy atom. The average Bonchev–Trinajstić information content (AvgIpc) is 2.92. The van der Waals surface area contributed by atoms with E-state index in [2.05, 4.69) is 4.90 Å². The number of carboxylic acid groups (broad SMARTS) is 1. The van der Waals surface area contributed by atoms with Gasteiger partial charge in [0.2, 0.25) is 0 Å². The lowest BCUT2D eigenvalue weighted by Gasteiger charge is -2.18. The maximum absolute atomic E-state index is 11.2. The summed E-state index contributed by atoms with van der Waals surface area (Å²) in [5.74, 6) is -0.853. The first-order chi connectivity index (χ1) is 9.66. The van der Waals surface area contributed by atoms with Gasteiger partial charge in [-0.05, 0) is 50.9 Å². The fraction of sp³-hybridized carbons (Fsp3) is 0.562. The predicted molar refractivity (Wildman–Crippen MR) is 77.9 cm³/mol. The zero-order valence-corrected chi connectivity index (χ0v) is 12.0. The monoisotopic (exact) mass is 277 g/mol. The Balaban J connectivity index is 1.78.